The fourth-order valence-electron chi connectivity index (χ4n) is 2.53. The summed E-state index contributed by atoms with van der Waals surface area (Å²) in [4.78, 5) is 13.4. The van der Waals surface area contributed by atoms with Crippen LogP contribution in [0.3, 0.4) is 0 Å². The van der Waals surface area contributed by atoms with Crippen LogP contribution in [0.2, 0.25) is 0 Å². The number of amides is 1. The van der Waals surface area contributed by atoms with Gasteiger partial charge in [0.15, 0.2) is 4.34 Å². The Morgan fingerprint density at radius 1 is 1.39 bits per heavy atom. The van der Waals surface area contributed by atoms with Crippen molar-refractivity contribution in [3.05, 3.63) is 29.8 Å². The van der Waals surface area contributed by atoms with E-state index in [9.17, 15) is 4.79 Å². The van der Waals surface area contributed by atoms with Crippen molar-refractivity contribution >= 4 is 47.1 Å². The third-order valence-electron chi connectivity index (χ3n) is 3.66. The highest BCUT2D eigenvalue weighted by Gasteiger charge is 2.24. The SMILES string of the molecule is C[C@H]1C[C@@H](C(=O)Nc2ccc(Sc3nncs3)cc2)CCN1.Cl. The molecule has 2 heterocycles. The Labute approximate surface area is 150 Å². The molecular weight excluding hydrogens is 352 g/mol. The third-order valence-corrected chi connectivity index (χ3v) is 5.45. The van der Waals surface area contributed by atoms with Crippen LogP contribution in [0.1, 0.15) is 19.8 Å². The summed E-state index contributed by atoms with van der Waals surface area (Å²) in [7, 11) is 0. The van der Waals surface area contributed by atoms with Gasteiger partial charge in [0.25, 0.3) is 0 Å². The second-order valence-electron chi connectivity index (χ2n) is 5.40. The molecule has 0 unspecified atom stereocenters. The normalized spacial score (nSPS) is 20.6. The van der Waals surface area contributed by atoms with Crippen LogP contribution in [0, 0.1) is 5.92 Å². The highest BCUT2D eigenvalue weighted by atomic mass is 35.5. The molecule has 1 aliphatic rings. The van der Waals surface area contributed by atoms with Gasteiger partial charge in [0.2, 0.25) is 5.91 Å². The molecule has 0 aliphatic carbocycles. The molecule has 0 bridgehead atoms. The van der Waals surface area contributed by atoms with Crippen LogP contribution in [0.4, 0.5) is 5.69 Å². The number of carbonyl (C=O) groups excluding carboxylic acids is 1. The van der Waals surface area contributed by atoms with E-state index >= 15 is 0 Å². The summed E-state index contributed by atoms with van der Waals surface area (Å²) in [6, 6.07) is 8.27. The molecule has 2 aromatic rings. The fourth-order valence-corrected chi connectivity index (χ4v) is 3.98. The van der Waals surface area contributed by atoms with Gasteiger partial charge in [0.1, 0.15) is 5.51 Å². The van der Waals surface area contributed by atoms with E-state index in [1.165, 1.54) is 11.3 Å². The number of hydrogen-bond acceptors (Lipinski definition) is 6. The molecule has 8 heteroatoms. The van der Waals surface area contributed by atoms with Crippen LogP contribution in [-0.4, -0.2) is 28.7 Å². The first kappa shape index (κ1) is 18.2. The smallest absolute Gasteiger partial charge is 0.227 e. The predicted molar refractivity (Wildman–Crippen MR) is 96.5 cm³/mol. The Kier molecular flexibility index (Phi) is 6.83. The highest BCUT2D eigenvalue weighted by molar-refractivity contribution is 8.01. The lowest BCUT2D eigenvalue weighted by Gasteiger charge is -2.27. The maximum absolute atomic E-state index is 12.3. The number of benzene rings is 1. The highest BCUT2D eigenvalue weighted by Crippen LogP contribution is 2.29. The molecule has 23 heavy (non-hydrogen) atoms. The molecule has 1 amide bonds. The molecule has 0 saturated carbocycles. The molecule has 124 valence electrons. The van der Waals surface area contributed by atoms with E-state index in [1.807, 2.05) is 24.3 Å². The average molecular weight is 371 g/mol. The summed E-state index contributed by atoms with van der Waals surface area (Å²) >= 11 is 3.09. The quantitative estimate of drug-likeness (QED) is 0.862. The minimum Gasteiger partial charge on any atom is -0.326 e. The van der Waals surface area contributed by atoms with Gasteiger partial charge in [-0.05, 0) is 50.6 Å². The van der Waals surface area contributed by atoms with Crippen molar-refractivity contribution in [3.63, 3.8) is 0 Å². The molecule has 1 aromatic carbocycles. The first-order valence-electron chi connectivity index (χ1n) is 7.29. The van der Waals surface area contributed by atoms with Gasteiger partial charge in [-0.2, -0.15) is 0 Å². The van der Waals surface area contributed by atoms with Gasteiger partial charge in [0.05, 0.1) is 0 Å². The number of piperidine rings is 1. The van der Waals surface area contributed by atoms with Crippen molar-refractivity contribution in [2.45, 2.75) is 35.0 Å². The van der Waals surface area contributed by atoms with Crippen molar-refractivity contribution < 1.29 is 4.79 Å². The number of hydrogen-bond donors (Lipinski definition) is 2. The van der Waals surface area contributed by atoms with Gasteiger partial charge >= 0.3 is 0 Å². The van der Waals surface area contributed by atoms with Crippen molar-refractivity contribution in [1.29, 1.82) is 0 Å². The molecule has 1 fully saturated rings. The molecule has 0 spiro atoms. The average Bonchev–Trinajstić information content (AvgIpc) is 3.02. The first-order valence-corrected chi connectivity index (χ1v) is 8.98. The van der Waals surface area contributed by atoms with E-state index in [0.717, 1.165) is 34.3 Å². The molecule has 5 nitrogen and oxygen atoms in total. The van der Waals surface area contributed by atoms with Gasteiger partial charge in [-0.3, -0.25) is 4.79 Å². The molecule has 2 atom stereocenters. The van der Waals surface area contributed by atoms with E-state index in [1.54, 1.807) is 17.3 Å². The number of rotatable bonds is 4. The summed E-state index contributed by atoms with van der Waals surface area (Å²) in [5, 5.41) is 14.2. The Hall–Kier alpha value is -1.15. The second-order valence-corrected chi connectivity index (χ2v) is 7.55. The van der Waals surface area contributed by atoms with E-state index in [4.69, 9.17) is 0 Å². The number of aromatic nitrogens is 2. The topological polar surface area (TPSA) is 66.9 Å². The molecule has 1 aliphatic heterocycles. The molecule has 2 N–H and O–H groups in total. The van der Waals surface area contributed by atoms with Gasteiger partial charge in [-0.1, -0.05) is 23.1 Å². The number of carbonyl (C=O) groups is 1. The zero-order valence-corrected chi connectivity index (χ0v) is 15.1. The lowest BCUT2D eigenvalue weighted by atomic mass is 9.92. The van der Waals surface area contributed by atoms with E-state index in [2.05, 4.69) is 27.8 Å². The fraction of sp³-hybridized carbons (Fsp3) is 0.400. The van der Waals surface area contributed by atoms with Crippen LogP contribution in [0.5, 0.6) is 0 Å². The third kappa shape index (κ3) is 5.17. The van der Waals surface area contributed by atoms with Gasteiger partial charge in [-0.15, -0.1) is 22.6 Å². The van der Waals surface area contributed by atoms with Crippen molar-refractivity contribution in [3.8, 4) is 0 Å². The Morgan fingerprint density at radius 3 is 2.83 bits per heavy atom. The van der Waals surface area contributed by atoms with Crippen molar-refractivity contribution in [1.82, 2.24) is 15.5 Å². The van der Waals surface area contributed by atoms with Crippen LogP contribution in [0.25, 0.3) is 0 Å². The van der Waals surface area contributed by atoms with E-state index in [-0.39, 0.29) is 24.2 Å². The summed E-state index contributed by atoms with van der Waals surface area (Å²) in [6.45, 7) is 3.04. The zero-order chi connectivity index (χ0) is 15.4. The summed E-state index contributed by atoms with van der Waals surface area (Å²) < 4.78 is 0.917. The number of nitrogens with zero attached hydrogens (tertiary/aromatic N) is 2. The minimum atomic E-state index is 0. The maximum Gasteiger partial charge on any atom is 0.227 e. The van der Waals surface area contributed by atoms with Gasteiger partial charge < -0.3 is 10.6 Å². The number of anilines is 1. The second kappa shape index (κ2) is 8.63. The number of nitrogens with one attached hydrogen (secondary N) is 2. The Balaban J connectivity index is 0.00000192. The standard InChI is InChI=1S/C15H18N4OS2.ClH/c1-10-8-11(6-7-16-10)14(20)18-12-2-4-13(5-3-12)22-15-19-17-9-21-15;/h2-5,9-11,16H,6-8H2,1H3,(H,18,20);1H/t10-,11-;/m0./s1. The lowest BCUT2D eigenvalue weighted by Crippen LogP contribution is -2.40. The molecule has 0 radical (unpaired) electrons. The lowest BCUT2D eigenvalue weighted by molar-refractivity contribution is -0.120. The molecule has 1 saturated heterocycles. The van der Waals surface area contributed by atoms with Crippen LogP contribution in [-0.2, 0) is 4.79 Å². The Morgan fingerprint density at radius 2 is 2.17 bits per heavy atom. The van der Waals surface area contributed by atoms with Gasteiger partial charge in [-0.25, -0.2) is 0 Å². The monoisotopic (exact) mass is 370 g/mol. The van der Waals surface area contributed by atoms with Crippen LogP contribution in [0.15, 0.2) is 39.0 Å². The zero-order valence-electron chi connectivity index (χ0n) is 12.7. The largest absolute Gasteiger partial charge is 0.326 e. The summed E-state index contributed by atoms with van der Waals surface area (Å²) in [5.41, 5.74) is 2.56. The molecular formula is C15H19ClN4OS2. The van der Waals surface area contributed by atoms with Crippen molar-refractivity contribution in [2.75, 3.05) is 11.9 Å². The van der Waals surface area contributed by atoms with E-state index < -0.39 is 0 Å². The van der Waals surface area contributed by atoms with E-state index in [0.29, 0.717) is 6.04 Å². The summed E-state index contributed by atoms with van der Waals surface area (Å²) in [6.07, 6.45) is 1.80. The minimum absolute atomic E-state index is 0. The number of halogens is 1. The Bertz CT molecular complexity index is 621. The van der Waals surface area contributed by atoms with Crippen molar-refractivity contribution in [2.24, 2.45) is 5.92 Å². The summed E-state index contributed by atoms with van der Waals surface area (Å²) in [5.74, 6) is 0.226. The molecule has 1 aromatic heterocycles. The van der Waals surface area contributed by atoms with Gasteiger partial charge in [0, 0.05) is 22.5 Å². The molecule has 3 rings (SSSR count). The first-order chi connectivity index (χ1) is 10.7. The van der Waals surface area contributed by atoms with Crippen LogP contribution >= 0.6 is 35.5 Å². The van der Waals surface area contributed by atoms with Crippen LogP contribution < -0.4 is 10.6 Å². The predicted octanol–water partition coefficient (Wildman–Crippen LogP) is 3.44. The maximum atomic E-state index is 12.3.